The lowest BCUT2D eigenvalue weighted by Crippen LogP contribution is -2.61. The molecule has 0 aliphatic rings. The zero-order valence-corrected chi connectivity index (χ0v) is 17.8. The zero-order valence-electron chi connectivity index (χ0n) is 16.1. The first-order chi connectivity index (χ1) is 10.3. The summed E-state index contributed by atoms with van der Waals surface area (Å²) in [6.45, 7) is 14.5. The van der Waals surface area contributed by atoms with Crippen molar-refractivity contribution >= 4 is 20.2 Å². The molecule has 0 spiro atoms. The molecule has 24 heavy (non-hydrogen) atoms. The Morgan fingerprint density at radius 1 is 0.750 bits per heavy atom. The van der Waals surface area contributed by atoms with Gasteiger partial charge in [0.1, 0.15) is 4.75 Å². The predicted molar refractivity (Wildman–Crippen MR) is 97.2 cm³/mol. The Morgan fingerprint density at radius 2 is 1.04 bits per heavy atom. The summed E-state index contributed by atoms with van der Waals surface area (Å²) in [5, 5.41) is 0. The Hall–Kier alpha value is -0.180. The highest BCUT2D eigenvalue weighted by atomic mass is 32.2. The normalized spacial score (nSPS) is 19.6. The van der Waals surface area contributed by atoms with Crippen LogP contribution in [0.5, 0.6) is 0 Å². The maximum absolute atomic E-state index is 12.6. The molecule has 0 fully saturated rings. The summed E-state index contributed by atoms with van der Waals surface area (Å²) in [5.41, 5.74) is -1.18. The van der Waals surface area contributed by atoms with Crippen molar-refractivity contribution in [2.24, 2.45) is 22.7 Å². The molecule has 0 aliphatic heterocycles. The molecule has 0 saturated carbocycles. The highest BCUT2D eigenvalue weighted by molar-refractivity contribution is 7.90. The molecular formula is C16H34O6S2. The molecule has 2 N–H and O–H groups in total. The third-order valence-electron chi connectivity index (χ3n) is 4.98. The van der Waals surface area contributed by atoms with E-state index in [0.717, 1.165) is 0 Å². The van der Waals surface area contributed by atoms with Gasteiger partial charge in [0.05, 0.1) is 5.75 Å². The molecule has 0 radical (unpaired) electrons. The van der Waals surface area contributed by atoms with E-state index in [-0.39, 0.29) is 0 Å². The average Bonchev–Trinajstić information content (AvgIpc) is 2.22. The second-order valence-electron chi connectivity index (χ2n) is 8.81. The second-order valence-corrected chi connectivity index (χ2v) is 12.0. The van der Waals surface area contributed by atoms with Crippen LogP contribution in [-0.2, 0) is 20.2 Å². The van der Waals surface area contributed by atoms with E-state index in [9.17, 15) is 25.9 Å². The minimum Gasteiger partial charge on any atom is -0.285 e. The Bertz CT molecular complexity index is 598. The lowest BCUT2D eigenvalue weighted by molar-refractivity contribution is 0.0719. The van der Waals surface area contributed by atoms with Crippen molar-refractivity contribution < 1.29 is 25.9 Å². The van der Waals surface area contributed by atoms with Crippen molar-refractivity contribution in [1.82, 2.24) is 0 Å². The van der Waals surface area contributed by atoms with Gasteiger partial charge in [-0.25, -0.2) is 0 Å². The van der Waals surface area contributed by atoms with Gasteiger partial charge < -0.3 is 0 Å². The van der Waals surface area contributed by atoms with Gasteiger partial charge in [-0.05, 0) is 22.7 Å². The summed E-state index contributed by atoms with van der Waals surface area (Å²) in [7, 11) is -9.42. The maximum Gasteiger partial charge on any atom is 0.272 e. The SMILES string of the molecule is CCC(C(C)(C)C)C(CS(=O)(=O)O)(C(CC)C(C)(C)C)S(=O)(=O)O. The molecule has 146 valence electrons. The average molecular weight is 387 g/mol. The van der Waals surface area contributed by atoms with E-state index >= 15 is 0 Å². The summed E-state index contributed by atoms with van der Waals surface area (Å²) in [5.74, 6) is -2.33. The van der Waals surface area contributed by atoms with Gasteiger partial charge in [-0.3, -0.25) is 9.11 Å². The van der Waals surface area contributed by atoms with Crippen LogP contribution in [0, 0.1) is 22.7 Å². The zero-order chi connectivity index (χ0) is 19.8. The fraction of sp³-hybridized carbons (Fsp3) is 1.00. The molecule has 0 aliphatic carbocycles. The largest absolute Gasteiger partial charge is 0.285 e. The summed E-state index contributed by atoms with van der Waals surface area (Å²) in [6.07, 6.45) is 0.705. The first-order valence-corrected chi connectivity index (χ1v) is 11.3. The van der Waals surface area contributed by atoms with Gasteiger partial charge >= 0.3 is 0 Å². The molecule has 0 aromatic heterocycles. The highest BCUT2D eigenvalue weighted by Crippen LogP contribution is 2.52. The fourth-order valence-electron chi connectivity index (χ4n) is 4.54. The van der Waals surface area contributed by atoms with Gasteiger partial charge in [0, 0.05) is 0 Å². The number of hydrogen-bond donors (Lipinski definition) is 2. The molecular weight excluding hydrogens is 352 g/mol. The fourth-order valence-corrected chi connectivity index (χ4v) is 8.32. The van der Waals surface area contributed by atoms with Gasteiger partial charge in [0.15, 0.2) is 0 Å². The molecule has 6 nitrogen and oxygen atoms in total. The first-order valence-electron chi connectivity index (χ1n) is 8.26. The monoisotopic (exact) mass is 386 g/mol. The van der Waals surface area contributed by atoms with E-state index in [0.29, 0.717) is 12.8 Å². The van der Waals surface area contributed by atoms with Gasteiger partial charge in [0.2, 0.25) is 0 Å². The molecule has 0 amide bonds. The quantitative estimate of drug-likeness (QED) is 0.647. The Kier molecular flexibility index (Phi) is 7.16. The summed E-state index contributed by atoms with van der Waals surface area (Å²) in [6, 6.07) is 0. The summed E-state index contributed by atoms with van der Waals surface area (Å²) in [4.78, 5) is 0. The predicted octanol–water partition coefficient (Wildman–Crippen LogP) is 3.65. The summed E-state index contributed by atoms with van der Waals surface area (Å²) < 4.78 is 66.5. The minimum atomic E-state index is -4.79. The number of rotatable bonds is 7. The molecule has 0 bridgehead atoms. The van der Waals surface area contributed by atoms with Crippen LogP contribution in [0.2, 0.25) is 0 Å². The lowest BCUT2D eigenvalue weighted by atomic mass is 9.61. The molecule has 2 unspecified atom stereocenters. The molecule has 0 saturated heterocycles. The molecule has 2 atom stereocenters. The van der Waals surface area contributed by atoms with E-state index in [4.69, 9.17) is 0 Å². The van der Waals surface area contributed by atoms with Crippen LogP contribution in [0.4, 0.5) is 0 Å². The van der Waals surface area contributed by atoms with E-state index < -0.39 is 53.4 Å². The van der Waals surface area contributed by atoms with Crippen LogP contribution in [0.15, 0.2) is 0 Å². The van der Waals surface area contributed by atoms with E-state index in [1.54, 1.807) is 13.8 Å². The number of hydrogen-bond acceptors (Lipinski definition) is 4. The van der Waals surface area contributed by atoms with Crippen LogP contribution < -0.4 is 0 Å². The van der Waals surface area contributed by atoms with Crippen LogP contribution in [0.3, 0.4) is 0 Å². The van der Waals surface area contributed by atoms with E-state index in [1.807, 2.05) is 41.5 Å². The lowest BCUT2D eigenvalue weighted by Gasteiger charge is -2.51. The highest BCUT2D eigenvalue weighted by Gasteiger charge is 2.61. The smallest absolute Gasteiger partial charge is 0.272 e. The Morgan fingerprint density at radius 3 is 1.17 bits per heavy atom. The van der Waals surface area contributed by atoms with Crippen molar-refractivity contribution in [2.45, 2.75) is 73.0 Å². The standard InChI is InChI=1S/C16H34O6S2/c1-9-12(14(3,4)5)16(24(20,21)22,11-23(17,18)19)13(10-2)15(6,7)8/h12-13H,9-11H2,1-8H3,(H,17,18,19)(H,20,21,22). The van der Waals surface area contributed by atoms with E-state index in [2.05, 4.69) is 0 Å². The van der Waals surface area contributed by atoms with Gasteiger partial charge in [-0.1, -0.05) is 68.2 Å². The van der Waals surface area contributed by atoms with Crippen molar-refractivity contribution in [2.75, 3.05) is 5.75 Å². The second kappa shape index (κ2) is 7.21. The third-order valence-corrected chi connectivity index (χ3v) is 7.67. The van der Waals surface area contributed by atoms with Crippen molar-refractivity contribution in [3.05, 3.63) is 0 Å². The van der Waals surface area contributed by atoms with Crippen molar-refractivity contribution in [3.8, 4) is 0 Å². The summed E-state index contributed by atoms with van der Waals surface area (Å²) >= 11 is 0. The van der Waals surface area contributed by atoms with Crippen LogP contribution in [0.25, 0.3) is 0 Å². The van der Waals surface area contributed by atoms with Gasteiger partial charge in [-0.15, -0.1) is 0 Å². The Labute approximate surface area is 147 Å². The third kappa shape index (κ3) is 5.16. The van der Waals surface area contributed by atoms with Crippen LogP contribution >= 0.6 is 0 Å². The van der Waals surface area contributed by atoms with Crippen molar-refractivity contribution in [1.29, 1.82) is 0 Å². The molecule has 0 aromatic carbocycles. The maximum atomic E-state index is 12.6. The molecule has 0 aromatic rings. The molecule has 0 rings (SSSR count). The molecule has 0 heterocycles. The van der Waals surface area contributed by atoms with Crippen LogP contribution in [-0.4, -0.2) is 36.4 Å². The van der Waals surface area contributed by atoms with E-state index in [1.165, 1.54) is 0 Å². The first kappa shape index (κ1) is 23.8. The minimum absolute atomic E-state index is 0.353. The van der Waals surface area contributed by atoms with Gasteiger partial charge in [0.25, 0.3) is 20.2 Å². The van der Waals surface area contributed by atoms with Crippen LogP contribution in [0.1, 0.15) is 68.2 Å². The Balaban J connectivity index is 7.06. The van der Waals surface area contributed by atoms with Gasteiger partial charge in [-0.2, -0.15) is 16.8 Å². The topological polar surface area (TPSA) is 109 Å². The molecule has 8 heteroatoms. The van der Waals surface area contributed by atoms with Crippen molar-refractivity contribution in [3.63, 3.8) is 0 Å².